The first kappa shape index (κ1) is 14.3. The number of halogens is 3. The zero-order valence-corrected chi connectivity index (χ0v) is 11.8. The Bertz CT molecular complexity index is 574. The van der Waals surface area contributed by atoms with Crippen molar-refractivity contribution >= 4 is 23.4 Å². The Morgan fingerprint density at radius 1 is 1.26 bits per heavy atom. The van der Waals surface area contributed by atoms with E-state index < -0.39 is 11.6 Å². The van der Waals surface area contributed by atoms with Gasteiger partial charge >= 0.3 is 0 Å². The second kappa shape index (κ2) is 6.34. The second-order valence-corrected chi connectivity index (χ2v) is 5.33. The minimum Gasteiger partial charge on any atom is -0.305 e. The fourth-order valence-corrected chi connectivity index (χ4v) is 2.69. The maximum absolute atomic E-state index is 13.2. The van der Waals surface area contributed by atoms with Crippen LogP contribution in [0.5, 0.6) is 0 Å². The molecule has 2 rings (SSSR count). The predicted octanol–water partition coefficient (Wildman–Crippen LogP) is 3.48. The summed E-state index contributed by atoms with van der Waals surface area (Å²) >= 11 is 7.14. The summed E-state index contributed by atoms with van der Waals surface area (Å²) in [6.07, 6.45) is 0.875. The number of aromatic nitrogens is 3. The number of hydrogen-bond donors (Lipinski definition) is 0. The summed E-state index contributed by atoms with van der Waals surface area (Å²) in [5.41, 5.74) is 0.498. The third-order valence-electron chi connectivity index (χ3n) is 2.52. The molecule has 2 aromatic rings. The molecule has 0 aliphatic rings. The standard InChI is InChI=1S/C12H12ClF2N3S/c1-18-11(8-3-4-9(14)10(15)7-8)16-17-12(18)19-6-2-5-13/h3-4,7H,2,5-6H2,1H3. The third kappa shape index (κ3) is 3.25. The molecule has 1 heterocycles. The molecule has 0 amide bonds. The average Bonchev–Trinajstić information content (AvgIpc) is 2.75. The molecule has 19 heavy (non-hydrogen) atoms. The van der Waals surface area contributed by atoms with Gasteiger partial charge < -0.3 is 4.57 Å². The maximum atomic E-state index is 13.2. The Balaban J connectivity index is 2.23. The van der Waals surface area contributed by atoms with Gasteiger partial charge in [-0.15, -0.1) is 21.8 Å². The smallest absolute Gasteiger partial charge is 0.191 e. The topological polar surface area (TPSA) is 30.7 Å². The molecule has 0 unspecified atom stereocenters. The molecule has 3 nitrogen and oxygen atoms in total. The van der Waals surface area contributed by atoms with Crippen LogP contribution in [-0.4, -0.2) is 26.4 Å². The van der Waals surface area contributed by atoms with Gasteiger partial charge in [-0.1, -0.05) is 11.8 Å². The van der Waals surface area contributed by atoms with Gasteiger partial charge in [0.25, 0.3) is 0 Å². The van der Waals surface area contributed by atoms with Gasteiger partial charge in [-0.3, -0.25) is 0 Å². The second-order valence-electron chi connectivity index (χ2n) is 3.89. The minimum absolute atomic E-state index is 0.498. The summed E-state index contributed by atoms with van der Waals surface area (Å²) in [7, 11) is 1.79. The SMILES string of the molecule is Cn1c(SCCCCl)nnc1-c1ccc(F)c(F)c1. The largest absolute Gasteiger partial charge is 0.305 e. The van der Waals surface area contributed by atoms with Crippen molar-refractivity contribution in [3.8, 4) is 11.4 Å². The van der Waals surface area contributed by atoms with Crippen molar-refractivity contribution < 1.29 is 8.78 Å². The zero-order chi connectivity index (χ0) is 13.8. The fourth-order valence-electron chi connectivity index (χ4n) is 1.55. The lowest BCUT2D eigenvalue weighted by atomic mass is 10.2. The van der Waals surface area contributed by atoms with Crippen LogP contribution in [0, 0.1) is 11.6 Å². The molecule has 0 atom stereocenters. The van der Waals surface area contributed by atoms with Crippen molar-refractivity contribution in [2.75, 3.05) is 11.6 Å². The summed E-state index contributed by atoms with van der Waals surface area (Å²) < 4.78 is 27.8. The summed E-state index contributed by atoms with van der Waals surface area (Å²) in [4.78, 5) is 0. The predicted molar refractivity (Wildman–Crippen MR) is 72.4 cm³/mol. The quantitative estimate of drug-likeness (QED) is 0.481. The van der Waals surface area contributed by atoms with Crippen LogP contribution in [0.1, 0.15) is 6.42 Å². The first-order chi connectivity index (χ1) is 9.13. The lowest BCUT2D eigenvalue weighted by Crippen LogP contribution is -1.96. The van der Waals surface area contributed by atoms with Gasteiger partial charge in [0.05, 0.1) is 0 Å². The van der Waals surface area contributed by atoms with Crippen LogP contribution in [0.15, 0.2) is 23.4 Å². The lowest BCUT2D eigenvalue weighted by molar-refractivity contribution is 0.509. The van der Waals surface area contributed by atoms with E-state index in [1.807, 2.05) is 0 Å². The molecule has 0 saturated heterocycles. The number of benzene rings is 1. The molecule has 0 radical (unpaired) electrons. The maximum Gasteiger partial charge on any atom is 0.191 e. The molecule has 102 valence electrons. The van der Waals surface area contributed by atoms with E-state index in [0.717, 1.165) is 29.5 Å². The van der Waals surface area contributed by atoms with Crippen molar-refractivity contribution in [1.29, 1.82) is 0 Å². The van der Waals surface area contributed by atoms with Crippen LogP contribution in [0.25, 0.3) is 11.4 Å². The van der Waals surface area contributed by atoms with Crippen molar-refractivity contribution in [1.82, 2.24) is 14.8 Å². The van der Waals surface area contributed by atoms with E-state index in [4.69, 9.17) is 11.6 Å². The molecule has 0 spiro atoms. The molecule has 7 heteroatoms. The van der Waals surface area contributed by atoms with E-state index in [9.17, 15) is 8.78 Å². The highest BCUT2D eigenvalue weighted by atomic mass is 35.5. The van der Waals surface area contributed by atoms with Crippen LogP contribution in [0.3, 0.4) is 0 Å². The van der Waals surface area contributed by atoms with E-state index in [1.165, 1.54) is 17.8 Å². The lowest BCUT2D eigenvalue weighted by Gasteiger charge is -2.04. The van der Waals surface area contributed by atoms with Crippen molar-refractivity contribution in [2.24, 2.45) is 7.05 Å². The highest BCUT2D eigenvalue weighted by Crippen LogP contribution is 2.24. The summed E-state index contributed by atoms with van der Waals surface area (Å²) in [6, 6.07) is 3.68. The first-order valence-electron chi connectivity index (χ1n) is 5.67. The normalized spacial score (nSPS) is 10.9. The fraction of sp³-hybridized carbons (Fsp3) is 0.333. The molecule has 0 aliphatic heterocycles. The van der Waals surface area contributed by atoms with E-state index in [-0.39, 0.29) is 0 Å². The molecule has 0 bridgehead atoms. The molecule has 1 aromatic heterocycles. The first-order valence-corrected chi connectivity index (χ1v) is 7.19. The van der Waals surface area contributed by atoms with Gasteiger partial charge in [0.15, 0.2) is 22.6 Å². The highest BCUT2D eigenvalue weighted by Gasteiger charge is 2.13. The van der Waals surface area contributed by atoms with Gasteiger partial charge in [0.1, 0.15) is 0 Å². The number of hydrogen-bond acceptors (Lipinski definition) is 3. The summed E-state index contributed by atoms with van der Waals surface area (Å²) in [5, 5.41) is 8.76. The van der Waals surface area contributed by atoms with E-state index in [1.54, 1.807) is 11.6 Å². The Kier molecular flexibility index (Phi) is 4.76. The molecule has 1 aromatic carbocycles. The minimum atomic E-state index is -0.892. The van der Waals surface area contributed by atoms with Crippen molar-refractivity contribution in [3.63, 3.8) is 0 Å². The molecule has 0 aliphatic carbocycles. The van der Waals surface area contributed by atoms with Gasteiger partial charge in [-0.2, -0.15) is 0 Å². The van der Waals surface area contributed by atoms with Crippen molar-refractivity contribution in [3.05, 3.63) is 29.8 Å². The van der Waals surface area contributed by atoms with Crippen LogP contribution < -0.4 is 0 Å². The molecular formula is C12H12ClF2N3S. The number of nitrogens with zero attached hydrogens (tertiary/aromatic N) is 3. The molecule has 0 N–H and O–H groups in total. The van der Waals surface area contributed by atoms with E-state index >= 15 is 0 Å². The van der Waals surface area contributed by atoms with E-state index in [0.29, 0.717) is 17.3 Å². The molecule has 0 fully saturated rings. The van der Waals surface area contributed by atoms with Crippen molar-refractivity contribution in [2.45, 2.75) is 11.6 Å². The Morgan fingerprint density at radius 2 is 2.05 bits per heavy atom. The molecule has 0 saturated carbocycles. The Hall–Kier alpha value is -1.14. The van der Waals surface area contributed by atoms with Gasteiger partial charge in [0.2, 0.25) is 0 Å². The van der Waals surface area contributed by atoms with Gasteiger partial charge in [0, 0.05) is 24.2 Å². The van der Waals surface area contributed by atoms with E-state index in [2.05, 4.69) is 10.2 Å². The van der Waals surface area contributed by atoms with Gasteiger partial charge in [-0.25, -0.2) is 8.78 Å². The zero-order valence-electron chi connectivity index (χ0n) is 10.2. The van der Waals surface area contributed by atoms with Crippen LogP contribution in [0.4, 0.5) is 8.78 Å². The Labute approximate surface area is 119 Å². The average molecular weight is 304 g/mol. The Morgan fingerprint density at radius 3 is 2.74 bits per heavy atom. The van der Waals surface area contributed by atoms with Crippen LogP contribution in [-0.2, 0) is 7.05 Å². The molecular weight excluding hydrogens is 292 g/mol. The number of thioether (sulfide) groups is 1. The summed E-state index contributed by atoms with van der Waals surface area (Å²) in [6.45, 7) is 0. The van der Waals surface area contributed by atoms with Crippen LogP contribution in [0.2, 0.25) is 0 Å². The highest BCUT2D eigenvalue weighted by molar-refractivity contribution is 7.99. The number of rotatable bonds is 5. The van der Waals surface area contributed by atoms with Gasteiger partial charge in [-0.05, 0) is 24.6 Å². The third-order valence-corrected chi connectivity index (χ3v) is 3.90. The summed E-state index contributed by atoms with van der Waals surface area (Å²) in [5.74, 6) is 0.181. The van der Waals surface area contributed by atoms with Crippen LogP contribution >= 0.6 is 23.4 Å². The number of alkyl halides is 1. The monoisotopic (exact) mass is 303 g/mol.